The molecule has 0 fully saturated rings. The van der Waals surface area contributed by atoms with Crippen molar-refractivity contribution in [2.24, 2.45) is 0 Å². The van der Waals surface area contributed by atoms with Crippen LogP contribution in [-0.4, -0.2) is 9.97 Å². The van der Waals surface area contributed by atoms with Crippen molar-refractivity contribution in [3.8, 4) is 0 Å². The Bertz CT molecular complexity index is 430. The summed E-state index contributed by atoms with van der Waals surface area (Å²) >= 11 is 0. The first kappa shape index (κ1) is 11.5. The molecule has 0 aliphatic carbocycles. The number of aromatic nitrogens is 2. The maximum Gasteiger partial charge on any atom is 0.125 e. The maximum atomic E-state index is 5.80. The van der Waals surface area contributed by atoms with Gasteiger partial charge in [-0.15, -0.1) is 0 Å². The third kappa shape index (κ3) is 1.73. The van der Waals surface area contributed by atoms with Crippen molar-refractivity contribution >= 4 is 0 Å². The van der Waals surface area contributed by atoms with Crippen LogP contribution in [0.3, 0.4) is 0 Å². The molecule has 0 saturated heterocycles. The Morgan fingerprint density at radius 2 is 1.81 bits per heavy atom. The molecule has 3 nitrogen and oxygen atoms in total. The Morgan fingerprint density at radius 3 is 2.38 bits per heavy atom. The Kier molecular flexibility index (Phi) is 2.35. The fraction of sp³-hybridized carbons (Fsp3) is 0.692. The molecule has 2 rings (SSSR count). The number of nitrogens with zero attached hydrogens (tertiary/aromatic N) is 2. The molecule has 0 radical (unpaired) electrons. The molecule has 0 atom stereocenters. The van der Waals surface area contributed by atoms with Crippen LogP contribution in [0.25, 0.3) is 0 Å². The van der Waals surface area contributed by atoms with Crippen molar-refractivity contribution < 1.29 is 4.74 Å². The average molecular weight is 220 g/mol. The highest BCUT2D eigenvalue weighted by Crippen LogP contribution is 2.38. The van der Waals surface area contributed by atoms with Gasteiger partial charge in [-0.25, -0.2) is 9.97 Å². The standard InChI is InChI=1S/C13H20N2O/c1-8-14-10(12(2,3)4)9-7-16-13(5,6)11(9)15-8/h7H2,1-6H3. The molecule has 16 heavy (non-hydrogen) atoms. The van der Waals surface area contributed by atoms with Crippen LogP contribution in [0.4, 0.5) is 0 Å². The second kappa shape index (κ2) is 3.27. The van der Waals surface area contributed by atoms with Gasteiger partial charge in [-0.1, -0.05) is 20.8 Å². The van der Waals surface area contributed by atoms with Crippen molar-refractivity contribution in [1.29, 1.82) is 0 Å². The van der Waals surface area contributed by atoms with Crippen molar-refractivity contribution in [2.75, 3.05) is 0 Å². The van der Waals surface area contributed by atoms with Crippen molar-refractivity contribution in [1.82, 2.24) is 9.97 Å². The molecule has 0 saturated carbocycles. The van der Waals surface area contributed by atoms with Crippen LogP contribution in [0.1, 0.15) is 57.4 Å². The molecule has 0 spiro atoms. The molecule has 0 aromatic carbocycles. The largest absolute Gasteiger partial charge is 0.364 e. The third-order valence-electron chi connectivity index (χ3n) is 2.98. The SMILES string of the molecule is Cc1nc(C(C)(C)C)c2c(n1)C(C)(C)OC2. The minimum Gasteiger partial charge on any atom is -0.364 e. The van der Waals surface area contributed by atoms with E-state index in [4.69, 9.17) is 4.74 Å². The molecule has 0 unspecified atom stereocenters. The molecule has 1 aliphatic heterocycles. The van der Waals surface area contributed by atoms with Gasteiger partial charge in [0, 0.05) is 11.0 Å². The van der Waals surface area contributed by atoms with E-state index in [2.05, 4.69) is 44.6 Å². The van der Waals surface area contributed by atoms with Crippen LogP contribution in [0, 0.1) is 6.92 Å². The number of rotatable bonds is 0. The van der Waals surface area contributed by atoms with Gasteiger partial charge in [0.15, 0.2) is 0 Å². The topological polar surface area (TPSA) is 35.0 Å². The number of hydrogen-bond acceptors (Lipinski definition) is 3. The summed E-state index contributed by atoms with van der Waals surface area (Å²) in [5, 5.41) is 0. The van der Waals surface area contributed by atoms with Gasteiger partial charge in [0.05, 0.1) is 18.0 Å². The lowest BCUT2D eigenvalue weighted by atomic mass is 9.87. The van der Waals surface area contributed by atoms with Crippen molar-refractivity contribution in [2.45, 2.75) is 59.2 Å². The minimum atomic E-state index is -0.275. The Morgan fingerprint density at radius 1 is 1.19 bits per heavy atom. The van der Waals surface area contributed by atoms with E-state index in [0.29, 0.717) is 6.61 Å². The first-order valence-corrected chi connectivity index (χ1v) is 5.74. The number of aryl methyl sites for hydroxylation is 1. The first-order chi connectivity index (χ1) is 7.22. The Hall–Kier alpha value is -0.960. The highest BCUT2D eigenvalue weighted by molar-refractivity contribution is 5.35. The molecule has 1 aromatic rings. The summed E-state index contributed by atoms with van der Waals surface area (Å²) in [4.78, 5) is 9.14. The zero-order valence-electron chi connectivity index (χ0n) is 11.0. The molecule has 3 heteroatoms. The highest BCUT2D eigenvalue weighted by atomic mass is 16.5. The molecular formula is C13H20N2O. The van der Waals surface area contributed by atoms with Crippen LogP contribution in [-0.2, 0) is 22.4 Å². The molecule has 2 heterocycles. The summed E-state index contributed by atoms with van der Waals surface area (Å²) < 4.78 is 5.80. The van der Waals surface area contributed by atoms with E-state index in [-0.39, 0.29) is 11.0 Å². The fourth-order valence-electron chi connectivity index (χ4n) is 2.17. The van der Waals surface area contributed by atoms with Gasteiger partial charge in [0.25, 0.3) is 0 Å². The Balaban J connectivity index is 2.67. The molecule has 1 aromatic heterocycles. The molecule has 88 valence electrons. The molecule has 0 bridgehead atoms. The minimum absolute atomic E-state index is 0.0432. The number of ether oxygens (including phenoxy) is 1. The van der Waals surface area contributed by atoms with E-state index in [9.17, 15) is 0 Å². The van der Waals surface area contributed by atoms with Gasteiger partial charge in [-0.3, -0.25) is 0 Å². The van der Waals surface area contributed by atoms with Crippen LogP contribution in [0.2, 0.25) is 0 Å². The monoisotopic (exact) mass is 220 g/mol. The van der Waals surface area contributed by atoms with E-state index in [1.54, 1.807) is 0 Å². The third-order valence-corrected chi connectivity index (χ3v) is 2.98. The van der Waals surface area contributed by atoms with Gasteiger partial charge in [0.1, 0.15) is 11.4 Å². The van der Waals surface area contributed by atoms with Gasteiger partial charge < -0.3 is 4.74 Å². The predicted molar refractivity (Wildman–Crippen MR) is 63.3 cm³/mol. The average Bonchev–Trinajstić information content (AvgIpc) is 2.40. The van der Waals surface area contributed by atoms with E-state index < -0.39 is 0 Å². The van der Waals surface area contributed by atoms with Crippen LogP contribution in [0.15, 0.2) is 0 Å². The van der Waals surface area contributed by atoms with Gasteiger partial charge in [-0.2, -0.15) is 0 Å². The van der Waals surface area contributed by atoms with Crippen molar-refractivity contribution in [3.05, 3.63) is 22.8 Å². The molecule has 0 N–H and O–H groups in total. The number of hydrogen-bond donors (Lipinski definition) is 0. The normalized spacial score (nSPS) is 18.6. The van der Waals surface area contributed by atoms with Crippen LogP contribution < -0.4 is 0 Å². The summed E-state index contributed by atoms with van der Waals surface area (Å²) in [5.74, 6) is 0.835. The fourth-order valence-corrected chi connectivity index (χ4v) is 2.17. The summed E-state index contributed by atoms with van der Waals surface area (Å²) in [5.41, 5.74) is 3.14. The van der Waals surface area contributed by atoms with E-state index >= 15 is 0 Å². The summed E-state index contributed by atoms with van der Waals surface area (Å²) in [6, 6.07) is 0. The van der Waals surface area contributed by atoms with E-state index in [0.717, 1.165) is 17.2 Å². The zero-order chi connectivity index (χ0) is 12.1. The Labute approximate surface area is 97.3 Å². The van der Waals surface area contributed by atoms with Crippen molar-refractivity contribution in [3.63, 3.8) is 0 Å². The smallest absolute Gasteiger partial charge is 0.125 e. The summed E-state index contributed by atoms with van der Waals surface area (Å²) in [6.45, 7) is 13.3. The predicted octanol–water partition coefficient (Wildman–Crippen LogP) is 2.85. The zero-order valence-corrected chi connectivity index (χ0v) is 11.0. The highest BCUT2D eigenvalue weighted by Gasteiger charge is 2.37. The number of fused-ring (bicyclic) bond motifs is 1. The first-order valence-electron chi connectivity index (χ1n) is 5.74. The summed E-state index contributed by atoms with van der Waals surface area (Å²) in [6.07, 6.45) is 0. The lowest BCUT2D eigenvalue weighted by Crippen LogP contribution is -2.21. The van der Waals surface area contributed by atoms with Crippen LogP contribution >= 0.6 is 0 Å². The molecule has 0 amide bonds. The van der Waals surface area contributed by atoms with E-state index in [1.807, 2.05) is 6.92 Å². The molecule has 1 aliphatic rings. The van der Waals surface area contributed by atoms with Gasteiger partial charge >= 0.3 is 0 Å². The maximum absolute atomic E-state index is 5.80. The van der Waals surface area contributed by atoms with Gasteiger partial charge in [-0.05, 0) is 20.8 Å². The van der Waals surface area contributed by atoms with E-state index in [1.165, 1.54) is 5.56 Å². The molecular weight excluding hydrogens is 200 g/mol. The lowest BCUT2D eigenvalue weighted by molar-refractivity contribution is -0.0103. The van der Waals surface area contributed by atoms with Gasteiger partial charge in [0.2, 0.25) is 0 Å². The second-order valence-corrected chi connectivity index (χ2v) is 6.00. The lowest BCUT2D eigenvalue weighted by Gasteiger charge is -2.22. The summed E-state index contributed by atoms with van der Waals surface area (Å²) in [7, 11) is 0. The van der Waals surface area contributed by atoms with Crippen LogP contribution in [0.5, 0.6) is 0 Å². The second-order valence-electron chi connectivity index (χ2n) is 6.00. The quantitative estimate of drug-likeness (QED) is 0.674.